The van der Waals surface area contributed by atoms with E-state index in [-0.39, 0.29) is 11.3 Å². The molecule has 1 aromatic rings. The predicted molar refractivity (Wildman–Crippen MR) is 59.4 cm³/mol. The normalized spacial score (nSPS) is 18.4. The maximum Gasteiger partial charge on any atom is 0.406 e. The molecule has 0 bridgehead atoms. The van der Waals surface area contributed by atoms with Gasteiger partial charge < -0.3 is 4.74 Å². The van der Waals surface area contributed by atoms with Crippen molar-refractivity contribution < 1.29 is 27.5 Å². The fourth-order valence-electron chi connectivity index (χ4n) is 1.97. The largest absolute Gasteiger partial charge is 0.447 e. The summed E-state index contributed by atoms with van der Waals surface area (Å²) in [5.41, 5.74) is 0.392. The molecule has 0 radical (unpaired) electrons. The van der Waals surface area contributed by atoms with Crippen LogP contribution in [-0.4, -0.2) is 24.6 Å². The number of hydrogen-bond donors (Lipinski definition) is 0. The smallest absolute Gasteiger partial charge is 0.406 e. The van der Waals surface area contributed by atoms with Gasteiger partial charge in [-0.25, -0.2) is 0 Å². The van der Waals surface area contributed by atoms with E-state index in [2.05, 4.69) is 0 Å². The second-order valence-electron chi connectivity index (χ2n) is 4.09. The number of anilines is 1. The Kier molecular flexibility index (Phi) is 3.21. The number of amides is 1. The summed E-state index contributed by atoms with van der Waals surface area (Å²) in [5.74, 6) is -1.60. The van der Waals surface area contributed by atoms with Crippen LogP contribution in [0, 0.1) is 0 Å². The molecule has 0 saturated heterocycles. The fourth-order valence-corrected chi connectivity index (χ4v) is 1.97. The molecule has 1 amide bonds. The molecule has 1 aliphatic rings. The van der Waals surface area contributed by atoms with Crippen LogP contribution in [0.1, 0.15) is 18.6 Å². The third-order valence-corrected chi connectivity index (χ3v) is 2.62. The maximum atomic E-state index is 12.5. The van der Waals surface area contributed by atoms with Crippen molar-refractivity contribution in [3.63, 3.8) is 0 Å². The molecule has 1 aromatic carbocycles. The van der Waals surface area contributed by atoms with E-state index in [1.54, 1.807) is 6.07 Å². The zero-order chi connectivity index (χ0) is 14.2. The third-order valence-electron chi connectivity index (χ3n) is 2.62. The number of carbonyl (C=O) groups is 2. The highest BCUT2D eigenvalue weighted by atomic mass is 19.4. The Hall–Kier alpha value is -2.05. The summed E-state index contributed by atoms with van der Waals surface area (Å²) in [6.07, 6.45) is -5.82. The van der Waals surface area contributed by atoms with Crippen molar-refractivity contribution >= 4 is 17.6 Å². The number of fused-ring (bicyclic) bond motifs is 1. The minimum atomic E-state index is -4.52. The van der Waals surface area contributed by atoms with Crippen LogP contribution in [0.25, 0.3) is 0 Å². The van der Waals surface area contributed by atoms with E-state index in [1.807, 2.05) is 0 Å². The molecule has 102 valence electrons. The summed E-state index contributed by atoms with van der Waals surface area (Å²) in [5, 5.41) is 0. The highest BCUT2D eigenvalue weighted by Crippen LogP contribution is 2.39. The molecule has 1 aliphatic heterocycles. The molecule has 2 rings (SSSR count). The van der Waals surface area contributed by atoms with E-state index in [0.29, 0.717) is 4.90 Å². The van der Waals surface area contributed by atoms with Crippen molar-refractivity contribution in [1.29, 1.82) is 0 Å². The number of ether oxygens (including phenoxy) is 1. The van der Waals surface area contributed by atoms with Crippen molar-refractivity contribution in [2.24, 2.45) is 0 Å². The first-order chi connectivity index (χ1) is 8.79. The van der Waals surface area contributed by atoms with Gasteiger partial charge >= 0.3 is 12.1 Å². The monoisotopic (exact) mass is 273 g/mol. The Bertz CT molecular complexity index is 527. The maximum absolute atomic E-state index is 12.5. The van der Waals surface area contributed by atoms with E-state index < -0.39 is 30.7 Å². The fraction of sp³-hybridized carbons (Fsp3) is 0.333. The van der Waals surface area contributed by atoms with Gasteiger partial charge in [-0.2, -0.15) is 13.2 Å². The van der Waals surface area contributed by atoms with Crippen LogP contribution in [0.5, 0.6) is 0 Å². The zero-order valence-corrected chi connectivity index (χ0v) is 9.90. The SMILES string of the molecule is CC(=O)OC1C(=O)N(CC(F)(F)F)c2ccccc21. The number of esters is 1. The Labute approximate surface area is 106 Å². The van der Waals surface area contributed by atoms with Gasteiger partial charge in [-0.05, 0) is 6.07 Å². The second-order valence-corrected chi connectivity index (χ2v) is 4.09. The Morgan fingerprint density at radius 1 is 1.37 bits per heavy atom. The number of benzene rings is 1. The summed E-state index contributed by atoms with van der Waals surface area (Å²) in [4.78, 5) is 23.4. The molecule has 19 heavy (non-hydrogen) atoms. The van der Waals surface area contributed by atoms with E-state index in [1.165, 1.54) is 18.2 Å². The standard InChI is InChI=1S/C12H10F3NO3/c1-7(17)19-10-8-4-2-3-5-9(8)16(11(10)18)6-12(13,14)15/h2-5,10H,6H2,1H3. The molecular formula is C12H10F3NO3. The number of carbonyl (C=O) groups excluding carboxylic acids is 2. The zero-order valence-electron chi connectivity index (χ0n) is 9.90. The van der Waals surface area contributed by atoms with Crippen LogP contribution in [0.3, 0.4) is 0 Å². The average molecular weight is 273 g/mol. The molecule has 0 aromatic heterocycles. The molecule has 1 unspecified atom stereocenters. The molecule has 0 spiro atoms. The van der Waals surface area contributed by atoms with E-state index in [0.717, 1.165) is 6.92 Å². The quantitative estimate of drug-likeness (QED) is 0.776. The summed E-state index contributed by atoms with van der Waals surface area (Å²) in [7, 11) is 0. The molecule has 1 heterocycles. The van der Waals surface area contributed by atoms with Crippen LogP contribution in [0.4, 0.5) is 18.9 Å². The highest BCUT2D eigenvalue weighted by Gasteiger charge is 2.44. The van der Waals surface area contributed by atoms with Crippen LogP contribution in [-0.2, 0) is 14.3 Å². The van der Waals surface area contributed by atoms with Crippen molar-refractivity contribution in [3.05, 3.63) is 29.8 Å². The number of rotatable bonds is 2. The number of nitrogens with zero attached hydrogens (tertiary/aromatic N) is 1. The van der Waals surface area contributed by atoms with Crippen LogP contribution in [0.2, 0.25) is 0 Å². The minimum Gasteiger partial charge on any atom is -0.447 e. The first-order valence-electron chi connectivity index (χ1n) is 5.44. The van der Waals surface area contributed by atoms with Gasteiger partial charge in [0.1, 0.15) is 6.54 Å². The molecule has 7 heteroatoms. The number of hydrogen-bond acceptors (Lipinski definition) is 3. The van der Waals surface area contributed by atoms with Gasteiger partial charge in [0, 0.05) is 12.5 Å². The third kappa shape index (κ3) is 2.69. The Morgan fingerprint density at radius 3 is 2.58 bits per heavy atom. The molecular weight excluding hydrogens is 263 g/mol. The Balaban J connectivity index is 2.38. The summed E-state index contributed by atoms with van der Waals surface area (Å²) in [6.45, 7) is -0.303. The summed E-state index contributed by atoms with van der Waals surface area (Å²) >= 11 is 0. The van der Waals surface area contributed by atoms with Gasteiger partial charge in [-0.3, -0.25) is 14.5 Å². The van der Waals surface area contributed by atoms with Crippen LogP contribution >= 0.6 is 0 Å². The first kappa shape index (κ1) is 13.4. The molecule has 4 nitrogen and oxygen atoms in total. The van der Waals surface area contributed by atoms with Gasteiger partial charge in [-0.15, -0.1) is 0 Å². The minimum absolute atomic E-state index is 0.121. The van der Waals surface area contributed by atoms with Crippen molar-refractivity contribution in [2.75, 3.05) is 11.4 Å². The number of alkyl halides is 3. The van der Waals surface area contributed by atoms with Crippen LogP contribution in [0.15, 0.2) is 24.3 Å². The topological polar surface area (TPSA) is 46.6 Å². The molecule has 1 atom stereocenters. The van der Waals surface area contributed by atoms with Crippen LogP contribution < -0.4 is 4.90 Å². The van der Waals surface area contributed by atoms with Crippen molar-refractivity contribution in [2.45, 2.75) is 19.2 Å². The lowest BCUT2D eigenvalue weighted by Crippen LogP contribution is -2.38. The van der Waals surface area contributed by atoms with Gasteiger partial charge in [0.15, 0.2) is 0 Å². The van der Waals surface area contributed by atoms with Gasteiger partial charge in [0.05, 0.1) is 5.69 Å². The van der Waals surface area contributed by atoms with E-state index in [4.69, 9.17) is 4.74 Å². The number of para-hydroxylation sites is 1. The molecule has 0 aliphatic carbocycles. The van der Waals surface area contributed by atoms with Gasteiger partial charge in [-0.1, -0.05) is 18.2 Å². The Morgan fingerprint density at radius 2 is 2.00 bits per heavy atom. The molecule has 0 saturated carbocycles. The first-order valence-corrected chi connectivity index (χ1v) is 5.44. The number of halogens is 3. The summed E-state index contributed by atoms with van der Waals surface area (Å²) < 4.78 is 42.2. The second kappa shape index (κ2) is 4.56. The van der Waals surface area contributed by atoms with E-state index in [9.17, 15) is 22.8 Å². The van der Waals surface area contributed by atoms with Crippen molar-refractivity contribution in [3.8, 4) is 0 Å². The van der Waals surface area contributed by atoms with Gasteiger partial charge in [0.2, 0.25) is 6.10 Å². The van der Waals surface area contributed by atoms with Gasteiger partial charge in [0.25, 0.3) is 5.91 Å². The van der Waals surface area contributed by atoms with E-state index >= 15 is 0 Å². The molecule has 0 N–H and O–H groups in total. The predicted octanol–water partition coefficient (Wildman–Crippen LogP) is 2.20. The van der Waals surface area contributed by atoms with Crippen molar-refractivity contribution in [1.82, 2.24) is 0 Å². The lowest BCUT2D eigenvalue weighted by Gasteiger charge is -2.19. The average Bonchev–Trinajstić information content (AvgIpc) is 2.53. The lowest BCUT2D eigenvalue weighted by atomic mass is 10.1. The lowest BCUT2D eigenvalue weighted by molar-refractivity contribution is -0.154. The highest BCUT2D eigenvalue weighted by molar-refractivity contribution is 6.04. The summed E-state index contributed by atoms with van der Waals surface area (Å²) in [6, 6.07) is 5.95. The molecule has 0 fully saturated rings.